The van der Waals surface area contributed by atoms with Gasteiger partial charge in [-0.25, -0.2) is 0 Å². The first kappa shape index (κ1) is 13.6. The van der Waals surface area contributed by atoms with Gasteiger partial charge in [-0.1, -0.05) is 18.7 Å². The summed E-state index contributed by atoms with van der Waals surface area (Å²) in [5.41, 5.74) is 3.07. The van der Waals surface area contributed by atoms with E-state index in [0.29, 0.717) is 0 Å². The van der Waals surface area contributed by atoms with Crippen LogP contribution in [0.4, 0.5) is 11.4 Å². The third-order valence-corrected chi connectivity index (χ3v) is 3.49. The van der Waals surface area contributed by atoms with Gasteiger partial charge >= 0.3 is 0 Å². The van der Waals surface area contributed by atoms with E-state index in [-0.39, 0.29) is 0 Å². The van der Waals surface area contributed by atoms with Gasteiger partial charge in [-0.2, -0.15) is 10.2 Å². The summed E-state index contributed by atoms with van der Waals surface area (Å²) in [6, 6.07) is 15.8. The van der Waals surface area contributed by atoms with Gasteiger partial charge < -0.3 is 4.74 Å². The predicted octanol–water partition coefficient (Wildman–Crippen LogP) is 5.58. The van der Waals surface area contributed by atoms with Crippen molar-refractivity contribution >= 4 is 11.4 Å². The third-order valence-electron chi connectivity index (χ3n) is 3.49. The van der Waals surface area contributed by atoms with Crippen LogP contribution in [0.2, 0.25) is 0 Å². The lowest BCUT2D eigenvalue weighted by molar-refractivity contribution is 0.483. The van der Waals surface area contributed by atoms with Gasteiger partial charge in [0.1, 0.15) is 5.75 Å². The fraction of sp³-hybridized carbons (Fsp3) is 0.222. The molecule has 21 heavy (non-hydrogen) atoms. The van der Waals surface area contributed by atoms with Crippen molar-refractivity contribution in [2.75, 3.05) is 0 Å². The molecule has 1 aliphatic rings. The minimum Gasteiger partial charge on any atom is -0.466 e. The molecular formula is C18H18N2O. The summed E-state index contributed by atoms with van der Waals surface area (Å²) in [5, 5.41) is 8.48. The van der Waals surface area contributed by atoms with E-state index in [2.05, 4.69) is 28.9 Å². The monoisotopic (exact) mass is 278 g/mol. The van der Waals surface area contributed by atoms with Crippen molar-refractivity contribution < 1.29 is 4.74 Å². The highest BCUT2D eigenvalue weighted by molar-refractivity contribution is 5.43. The molecule has 3 nitrogen and oxygen atoms in total. The summed E-state index contributed by atoms with van der Waals surface area (Å²) >= 11 is 0. The maximum absolute atomic E-state index is 5.17. The quantitative estimate of drug-likeness (QED) is 0.502. The topological polar surface area (TPSA) is 34.0 Å². The molecule has 0 N–H and O–H groups in total. The molecule has 1 aliphatic carbocycles. The second-order valence-corrected chi connectivity index (χ2v) is 5.29. The number of benzene rings is 2. The van der Waals surface area contributed by atoms with E-state index in [1.54, 1.807) is 0 Å². The van der Waals surface area contributed by atoms with Crippen LogP contribution in [0.3, 0.4) is 0 Å². The number of nitrogens with zero attached hydrogens (tertiary/aromatic N) is 2. The molecule has 0 aromatic heterocycles. The highest BCUT2D eigenvalue weighted by Gasteiger charge is 2.21. The molecule has 0 radical (unpaired) electrons. The van der Waals surface area contributed by atoms with Gasteiger partial charge in [0.15, 0.2) is 0 Å². The van der Waals surface area contributed by atoms with Crippen LogP contribution in [0.15, 0.2) is 71.6 Å². The second kappa shape index (κ2) is 6.35. The molecule has 3 rings (SSSR count). The van der Waals surface area contributed by atoms with E-state index in [9.17, 15) is 0 Å². The Morgan fingerprint density at radius 1 is 0.952 bits per heavy atom. The number of azo groups is 1. The molecule has 0 saturated heterocycles. The first-order valence-electron chi connectivity index (χ1n) is 7.22. The summed E-state index contributed by atoms with van der Waals surface area (Å²) < 4.78 is 5.17. The van der Waals surface area contributed by atoms with Crippen molar-refractivity contribution in [2.24, 2.45) is 16.1 Å². The zero-order valence-corrected chi connectivity index (χ0v) is 11.9. The largest absolute Gasteiger partial charge is 0.466 e. The van der Waals surface area contributed by atoms with Crippen LogP contribution in [0, 0.1) is 5.92 Å². The molecular weight excluding hydrogens is 260 g/mol. The zero-order chi connectivity index (χ0) is 14.5. The SMILES string of the molecule is C=COc1ccc(N=Nc2ccc(CC3CC3)cc2)cc1. The molecule has 1 fully saturated rings. The van der Waals surface area contributed by atoms with Gasteiger partial charge in [0.2, 0.25) is 0 Å². The zero-order valence-electron chi connectivity index (χ0n) is 11.9. The number of ether oxygens (including phenoxy) is 1. The summed E-state index contributed by atoms with van der Waals surface area (Å²) in [6.45, 7) is 3.52. The standard InChI is InChI=1S/C18H18N2O/c1-2-21-18-11-9-17(10-12-18)20-19-16-7-5-15(6-8-16)13-14-3-4-14/h2,5-12,14H,1,3-4,13H2. The van der Waals surface area contributed by atoms with Crippen LogP contribution in [0.1, 0.15) is 18.4 Å². The minimum absolute atomic E-state index is 0.744. The van der Waals surface area contributed by atoms with Crippen molar-refractivity contribution in [2.45, 2.75) is 19.3 Å². The fourth-order valence-electron chi connectivity index (χ4n) is 2.16. The van der Waals surface area contributed by atoms with Gasteiger partial charge in [0, 0.05) is 0 Å². The van der Waals surface area contributed by atoms with E-state index in [0.717, 1.165) is 23.0 Å². The smallest absolute Gasteiger partial charge is 0.126 e. The number of rotatable bonds is 6. The lowest BCUT2D eigenvalue weighted by Crippen LogP contribution is -1.84. The number of hydrogen-bond donors (Lipinski definition) is 0. The molecule has 0 amide bonds. The van der Waals surface area contributed by atoms with Crippen molar-refractivity contribution in [3.8, 4) is 5.75 Å². The van der Waals surface area contributed by atoms with Crippen LogP contribution in [0.25, 0.3) is 0 Å². The van der Waals surface area contributed by atoms with E-state index in [1.165, 1.54) is 31.1 Å². The first-order chi connectivity index (χ1) is 10.3. The van der Waals surface area contributed by atoms with E-state index < -0.39 is 0 Å². The van der Waals surface area contributed by atoms with Gasteiger partial charge in [-0.3, -0.25) is 0 Å². The highest BCUT2D eigenvalue weighted by Crippen LogP contribution is 2.33. The molecule has 0 atom stereocenters. The number of hydrogen-bond acceptors (Lipinski definition) is 3. The molecule has 106 valence electrons. The Morgan fingerprint density at radius 2 is 1.52 bits per heavy atom. The average Bonchev–Trinajstić information content (AvgIpc) is 3.32. The van der Waals surface area contributed by atoms with Crippen LogP contribution in [-0.4, -0.2) is 0 Å². The van der Waals surface area contributed by atoms with Gasteiger partial charge in [-0.05, 0) is 67.1 Å². The molecule has 3 heteroatoms. The third kappa shape index (κ3) is 4.02. The second-order valence-electron chi connectivity index (χ2n) is 5.29. The molecule has 0 heterocycles. The average molecular weight is 278 g/mol. The highest BCUT2D eigenvalue weighted by atomic mass is 16.5. The Bertz CT molecular complexity index is 625. The van der Waals surface area contributed by atoms with Gasteiger partial charge in [0.05, 0.1) is 17.6 Å². The van der Waals surface area contributed by atoms with Gasteiger partial charge in [0.25, 0.3) is 0 Å². The van der Waals surface area contributed by atoms with Crippen molar-refractivity contribution in [3.63, 3.8) is 0 Å². The van der Waals surface area contributed by atoms with Crippen molar-refractivity contribution in [1.29, 1.82) is 0 Å². The van der Waals surface area contributed by atoms with Gasteiger partial charge in [-0.15, -0.1) is 0 Å². The Kier molecular flexibility index (Phi) is 4.10. The minimum atomic E-state index is 0.744. The Hall–Kier alpha value is -2.42. The molecule has 0 bridgehead atoms. The predicted molar refractivity (Wildman–Crippen MR) is 84.3 cm³/mol. The lowest BCUT2D eigenvalue weighted by Gasteiger charge is -2.00. The summed E-state index contributed by atoms with van der Waals surface area (Å²) in [6.07, 6.45) is 5.36. The Labute approximate surface area is 125 Å². The molecule has 1 saturated carbocycles. The van der Waals surface area contributed by atoms with Crippen molar-refractivity contribution in [1.82, 2.24) is 0 Å². The first-order valence-corrected chi connectivity index (χ1v) is 7.22. The molecule has 2 aromatic carbocycles. The van der Waals surface area contributed by atoms with E-state index in [1.807, 2.05) is 36.4 Å². The maximum Gasteiger partial charge on any atom is 0.126 e. The summed E-state index contributed by atoms with van der Waals surface area (Å²) in [7, 11) is 0. The molecule has 2 aromatic rings. The summed E-state index contributed by atoms with van der Waals surface area (Å²) in [4.78, 5) is 0. The summed E-state index contributed by atoms with van der Waals surface area (Å²) in [5.74, 6) is 1.65. The van der Waals surface area contributed by atoms with Crippen LogP contribution in [-0.2, 0) is 6.42 Å². The molecule has 0 unspecified atom stereocenters. The molecule has 0 spiro atoms. The van der Waals surface area contributed by atoms with E-state index in [4.69, 9.17) is 4.74 Å². The van der Waals surface area contributed by atoms with Crippen LogP contribution >= 0.6 is 0 Å². The maximum atomic E-state index is 5.17. The Balaban J connectivity index is 1.62. The lowest BCUT2D eigenvalue weighted by atomic mass is 10.1. The fourth-order valence-corrected chi connectivity index (χ4v) is 2.16. The van der Waals surface area contributed by atoms with Crippen molar-refractivity contribution in [3.05, 3.63) is 66.9 Å². The van der Waals surface area contributed by atoms with Crippen LogP contribution in [0.5, 0.6) is 5.75 Å². The normalized spacial score (nSPS) is 14.3. The van der Waals surface area contributed by atoms with Crippen LogP contribution < -0.4 is 4.74 Å². The Morgan fingerprint density at radius 3 is 2.05 bits per heavy atom. The van der Waals surface area contributed by atoms with E-state index >= 15 is 0 Å². The molecule has 0 aliphatic heterocycles.